The number of hydrogen-bond donors (Lipinski definition) is 1. The summed E-state index contributed by atoms with van der Waals surface area (Å²) in [5, 5.41) is 0. The van der Waals surface area contributed by atoms with Crippen LogP contribution < -0.4 is 10.6 Å². The molecule has 1 aromatic rings. The van der Waals surface area contributed by atoms with Gasteiger partial charge in [0, 0.05) is 24.3 Å². The molecule has 16 heavy (non-hydrogen) atoms. The summed E-state index contributed by atoms with van der Waals surface area (Å²) in [7, 11) is 0. The molecule has 0 bridgehead atoms. The number of aromatic nitrogens is 1. The van der Waals surface area contributed by atoms with Crippen molar-refractivity contribution in [3.8, 4) is 0 Å². The highest BCUT2D eigenvalue weighted by atomic mass is 15.3. The predicted molar refractivity (Wildman–Crippen MR) is 67.5 cm³/mol. The van der Waals surface area contributed by atoms with Crippen LogP contribution in [0.1, 0.15) is 45.2 Å². The lowest BCUT2D eigenvalue weighted by molar-refractivity contribution is 0.514. The molecular weight excluding hydrogens is 198 g/mol. The van der Waals surface area contributed by atoms with Gasteiger partial charge in [0.15, 0.2) is 0 Å². The molecule has 0 spiro atoms. The molecule has 88 valence electrons. The number of anilines is 1. The van der Waals surface area contributed by atoms with Crippen LogP contribution in [-0.2, 0) is 0 Å². The van der Waals surface area contributed by atoms with Gasteiger partial charge in [0.25, 0.3) is 0 Å². The molecule has 1 fully saturated rings. The van der Waals surface area contributed by atoms with E-state index < -0.39 is 0 Å². The van der Waals surface area contributed by atoms with E-state index in [1.807, 2.05) is 13.1 Å². The summed E-state index contributed by atoms with van der Waals surface area (Å²) in [6.07, 6.45) is 4.39. The van der Waals surface area contributed by atoms with E-state index in [0.717, 1.165) is 17.9 Å². The van der Waals surface area contributed by atoms with Crippen LogP contribution in [0.25, 0.3) is 0 Å². The number of hydrogen-bond acceptors (Lipinski definition) is 3. The Balaban J connectivity index is 2.22. The number of nitrogens with two attached hydrogens (primary N) is 1. The highest BCUT2D eigenvalue weighted by molar-refractivity contribution is 5.44. The van der Waals surface area contributed by atoms with E-state index in [2.05, 4.69) is 35.9 Å². The molecule has 0 aliphatic carbocycles. The number of nitrogens with zero attached hydrogens (tertiary/aromatic N) is 2. The maximum Gasteiger partial charge on any atom is 0.128 e. The summed E-state index contributed by atoms with van der Waals surface area (Å²) in [5.41, 5.74) is 7.15. The lowest BCUT2D eigenvalue weighted by atomic mass is 10.0. The standard InChI is InChI=1S/C13H21N3/c1-10(14)11-5-6-12(15-9-11)16-8-4-7-13(16,2)3/h5-6,9-10H,4,7-8,14H2,1-3H3. The van der Waals surface area contributed by atoms with Gasteiger partial charge in [0.1, 0.15) is 5.82 Å². The van der Waals surface area contributed by atoms with E-state index in [-0.39, 0.29) is 11.6 Å². The Hall–Kier alpha value is -1.09. The van der Waals surface area contributed by atoms with Crippen LogP contribution in [0.15, 0.2) is 18.3 Å². The molecule has 1 aromatic heterocycles. The second-order valence-electron chi connectivity index (χ2n) is 5.31. The SMILES string of the molecule is CC(N)c1ccc(N2CCCC2(C)C)nc1. The van der Waals surface area contributed by atoms with Gasteiger partial charge >= 0.3 is 0 Å². The van der Waals surface area contributed by atoms with E-state index >= 15 is 0 Å². The molecule has 1 saturated heterocycles. The van der Waals surface area contributed by atoms with Gasteiger partial charge in [0.05, 0.1) is 0 Å². The van der Waals surface area contributed by atoms with Crippen LogP contribution in [0.4, 0.5) is 5.82 Å². The monoisotopic (exact) mass is 219 g/mol. The van der Waals surface area contributed by atoms with Crippen molar-refractivity contribution in [1.82, 2.24) is 4.98 Å². The fraction of sp³-hybridized carbons (Fsp3) is 0.615. The largest absolute Gasteiger partial charge is 0.352 e. The predicted octanol–water partition coefficient (Wildman–Crippen LogP) is 2.48. The van der Waals surface area contributed by atoms with Gasteiger partial charge < -0.3 is 10.6 Å². The number of pyridine rings is 1. The quantitative estimate of drug-likeness (QED) is 0.831. The van der Waals surface area contributed by atoms with Gasteiger partial charge in [-0.3, -0.25) is 0 Å². The van der Waals surface area contributed by atoms with Crippen LogP contribution in [0, 0.1) is 0 Å². The lowest BCUT2D eigenvalue weighted by Crippen LogP contribution is -2.38. The van der Waals surface area contributed by atoms with E-state index in [4.69, 9.17) is 5.73 Å². The van der Waals surface area contributed by atoms with Crippen molar-refractivity contribution in [1.29, 1.82) is 0 Å². The Kier molecular flexibility index (Phi) is 2.89. The van der Waals surface area contributed by atoms with Crippen LogP contribution in [0.5, 0.6) is 0 Å². The summed E-state index contributed by atoms with van der Waals surface area (Å²) < 4.78 is 0. The average Bonchev–Trinajstić information content (AvgIpc) is 2.58. The zero-order chi connectivity index (χ0) is 11.8. The average molecular weight is 219 g/mol. The molecule has 2 N–H and O–H groups in total. The van der Waals surface area contributed by atoms with Crippen LogP contribution in [0.3, 0.4) is 0 Å². The van der Waals surface area contributed by atoms with Gasteiger partial charge in [-0.2, -0.15) is 0 Å². The Morgan fingerprint density at radius 3 is 2.62 bits per heavy atom. The van der Waals surface area contributed by atoms with Crippen LogP contribution >= 0.6 is 0 Å². The molecule has 2 rings (SSSR count). The zero-order valence-electron chi connectivity index (χ0n) is 10.4. The second-order valence-corrected chi connectivity index (χ2v) is 5.31. The van der Waals surface area contributed by atoms with E-state index in [1.54, 1.807) is 0 Å². The van der Waals surface area contributed by atoms with Crippen LogP contribution in [0.2, 0.25) is 0 Å². The highest BCUT2D eigenvalue weighted by Crippen LogP contribution is 2.32. The van der Waals surface area contributed by atoms with Crippen molar-refractivity contribution in [2.24, 2.45) is 5.73 Å². The lowest BCUT2D eigenvalue weighted by Gasteiger charge is -2.32. The second kappa shape index (κ2) is 4.06. The molecule has 0 radical (unpaired) electrons. The Labute approximate surface area is 97.7 Å². The van der Waals surface area contributed by atoms with Gasteiger partial charge in [-0.15, -0.1) is 0 Å². The van der Waals surface area contributed by atoms with Crippen molar-refractivity contribution in [3.63, 3.8) is 0 Å². The third-order valence-electron chi connectivity index (χ3n) is 3.47. The van der Waals surface area contributed by atoms with Crippen molar-refractivity contribution in [2.75, 3.05) is 11.4 Å². The summed E-state index contributed by atoms with van der Waals surface area (Å²) in [4.78, 5) is 6.91. The Morgan fingerprint density at radius 1 is 1.44 bits per heavy atom. The molecular formula is C13H21N3. The minimum absolute atomic E-state index is 0.0631. The summed E-state index contributed by atoms with van der Waals surface area (Å²) in [5.74, 6) is 1.08. The van der Waals surface area contributed by atoms with E-state index in [1.165, 1.54) is 12.8 Å². The molecule has 3 heteroatoms. The minimum atomic E-state index is 0.0631. The molecule has 3 nitrogen and oxygen atoms in total. The van der Waals surface area contributed by atoms with Gasteiger partial charge in [-0.25, -0.2) is 4.98 Å². The third kappa shape index (κ3) is 2.05. The zero-order valence-corrected chi connectivity index (χ0v) is 10.4. The topological polar surface area (TPSA) is 42.1 Å². The first-order valence-electron chi connectivity index (χ1n) is 6.00. The first-order chi connectivity index (χ1) is 7.50. The van der Waals surface area contributed by atoms with E-state index in [0.29, 0.717) is 0 Å². The Bertz CT molecular complexity index is 354. The summed E-state index contributed by atoms with van der Waals surface area (Å²) >= 11 is 0. The first-order valence-corrected chi connectivity index (χ1v) is 6.00. The molecule has 1 aliphatic heterocycles. The van der Waals surface area contributed by atoms with Crippen molar-refractivity contribution in [3.05, 3.63) is 23.9 Å². The summed E-state index contributed by atoms with van der Waals surface area (Å²) in [6, 6.07) is 4.24. The smallest absolute Gasteiger partial charge is 0.128 e. The van der Waals surface area contributed by atoms with Crippen molar-refractivity contribution >= 4 is 5.82 Å². The normalized spacial score (nSPS) is 21.1. The molecule has 0 saturated carbocycles. The molecule has 1 atom stereocenters. The fourth-order valence-electron chi connectivity index (χ4n) is 2.36. The molecule has 0 aromatic carbocycles. The van der Waals surface area contributed by atoms with Gasteiger partial charge in [0.2, 0.25) is 0 Å². The molecule has 0 amide bonds. The maximum atomic E-state index is 5.82. The Morgan fingerprint density at radius 2 is 2.19 bits per heavy atom. The highest BCUT2D eigenvalue weighted by Gasteiger charge is 2.32. The molecule has 1 unspecified atom stereocenters. The first kappa shape index (κ1) is 11.4. The maximum absolute atomic E-state index is 5.82. The fourth-order valence-corrected chi connectivity index (χ4v) is 2.36. The van der Waals surface area contributed by atoms with Gasteiger partial charge in [-0.1, -0.05) is 6.07 Å². The van der Waals surface area contributed by atoms with Crippen molar-refractivity contribution in [2.45, 2.75) is 45.2 Å². The minimum Gasteiger partial charge on any atom is -0.352 e. The third-order valence-corrected chi connectivity index (χ3v) is 3.47. The molecule has 2 heterocycles. The van der Waals surface area contributed by atoms with Crippen LogP contribution in [-0.4, -0.2) is 17.1 Å². The number of rotatable bonds is 2. The van der Waals surface area contributed by atoms with Gasteiger partial charge in [-0.05, 0) is 45.2 Å². The van der Waals surface area contributed by atoms with Crippen molar-refractivity contribution < 1.29 is 0 Å². The van der Waals surface area contributed by atoms with E-state index in [9.17, 15) is 0 Å². The summed E-state index contributed by atoms with van der Waals surface area (Å²) in [6.45, 7) is 7.65. The molecule has 1 aliphatic rings.